The highest BCUT2D eigenvalue weighted by Crippen LogP contribution is 2.36. The molecule has 0 spiro atoms. The van der Waals surface area contributed by atoms with Crippen molar-refractivity contribution in [3.8, 4) is 23.0 Å². The first-order valence-corrected chi connectivity index (χ1v) is 13.1. The SMILES string of the molecule is c1ccc(OC2C[CH2][Al]([O]c3ccccc3)[O]C2(Oc2ccccc2)Oc2ccccc2)cc1. The second-order valence-corrected chi connectivity index (χ2v) is 9.82. The maximum absolute atomic E-state index is 6.62. The Hall–Kier alpha value is -3.43. The average molecular weight is 468 g/mol. The molecule has 5 rings (SSSR count). The molecule has 0 saturated carbocycles. The standard InChI is InChI=1S/C22H20O4.C6H6O.Al/c1-2-21(24-18-12-6-3-7-13-18)22(23,25-19-14-8-4-9-15-19)26-20-16-10-5-11-17-20;7-6-4-2-1-3-5-6;/h3-17,21H,1-2H2;1-5,7H;/q-1;;+2/p-1. The summed E-state index contributed by atoms with van der Waals surface area (Å²) in [6.45, 7) is 0. The Balaban J connectivity index is 1.50. The van der Waals surface area contributed by atoms with E-state index in [0.29, 0.717) is 17.9 Å². The molecule has 170 valence electrons. The highest BCUT2D eigenvalue weighted by molar-refractivity contribution is 6.45. The van der Waals surface area contributed by atoms with Crippen LogP contribution in [0.3, 0.4) is 0 Å². The summed E-state index contributed by atoms with van der Waals surface area (Å²) in [5, 5.41) is 0.741. The summed E-state index contributed by atoms with van der Waals surface area (Å²) in [6.07, 6.45) is 0.122. The van der Waals surface area contributed by atoms with Gasteiger partial charge >= 0.3 is 20.8 Å². The Morgan fingerprint density at radius 2 is 1.03 bits per heavy atom. The van der Waals surface area contributed by atoms with E-state index in [4.69, 9.17) is 21.8 Å². The van der Waals surface area contributed by atoms with Crippen LogP contribution < -0.4 is 18.0 Å². The van der Waals surface area contributed by atoms with Gasteiger partial charge in [0, 0.05) is 0 Å². The van der Waals surface area contributed by atoms with Crippen LogP contribution in [0.15, 0.2) is 121 Å². The summed E-state index contributed by atoms with van der Waals surface area (Å²) in [5.41, 5.74) is 0. The van der Waals surface area contributed by atoms with Gasteiger partial charge in [0.05, 0.1) is 5.75 Å². The maximum Gasteiger partial charge on any atom is 0.770 e. The van der Waals surface area contributed by atoms with Crippen LogP contribution in [0.25, 0.3) is 0 Å². The third-order valence-electron chi connectivity index (χ3n) is 5.39. The zero-order chi connectivity index (χ0) is 23.1. The van der Waals surface area contributed by atoms with E-state index >= 15 is 0 Å². The summed E-state index contributed by atoms with van der Waals surface area (Å²) in [7, 11) is 0. The normalized spacial score (nSPS) is 16.9. The third kappa shape index (κ3) is 5.55. The van der Waals surface area contributed by atoms with Crippen LogP contribution in [0.2, 0.25) is 5.28 Å². The quantitative estimate of drug-likeness (QED) is 0.227. The van der Waals surface area contributed by atoms with Crippen molar-refractivity contribution in [2.45, 2.75) is 23.8 Å². The molecule has 1 heterocycles. The second kappa shape index (κ2) is 10.7. The lowest BCUT2D eigenvalue weighted by Crippen LogP contribution is -2.63. The molecule has 1 fully saturated rings. The van der Waals surface area contributed by atoms with Gasteiger partial charge in [-0.15, -0.1) is 0 Å². The van der Waals surface area contributed by atoms with Crippen LogP contribution >= 0.6 is 0 Å². The van der Waals surface area contributed by atoms with Crippen LogP contribution in [0.5, 0.6) is 23.0 Å². The van der Waals surface area contributed by atoms with Crippen molar-refractivity contribution in [3.63, 3.8) is 0 Å². The first-order chi connectivity index (χ1) is 16.8. The van der Waals surface area contributed by atoms with E-state index in [0.717, 1.165) is 16.8 Å². The number of ether oxygens (including phenoxy) is 3. The summed E-state index contributed by atoms with van der Waals surface area (Å²) in [6, 6.07) is 38.4. The maximum atomic E-state index is 6.62. The molecule has 5 nitrogen and oxygen atoms in total. The Morgan fingerprint density at radius 1 is 0.588 bits per heavy atom. The monoisotopic (exact) mass is 468 g/mol. The van der Waals surface area contributed by atoms with E-state index in [2.05, 4.69) is 0 Å². The molecular weight excluding hydrogens is 443 g/mol. The largest absolute Gasteiger partial charge is 0.770 e. The first-order valence-electron chi connectivity index (χ1n) is 11.4. The summed E-state index contributed by atoms with van der Waals surface area (Å²) in [4.78, 5) is 0. The van der Waals surface area contributed by atoms with Gasteiger partial charge in [0.1, 0.15) is 17.2 Å². The molecule has 1 aliphatic rings. The third-order valence-corrected chi connectivity index (χ3v) is 7.32. The van der Waals surface area contributed by atoms with Crippen molar-refractivity contribution < 1.29 is 21.8 Å². The molecule has 1 unspecified atom stereocenters. The lowest BCUT2D eigenvalue weighted by atomic mass is 10.2. The fourth-order valence-electron chi connectivity index (χ4n) is 3.82. The van der Waals surface area contributed by atoms with Crippen LogP contribution in [-0.2, 0) is 3.79 Å². The first kappa shape index (κ1) is 22.4. The van der Waals surface area contributed by atoms with E-state index in [1.807, 2.05) is 121 Å². The van der Waals surface area contributed by atoms with Crippen molar-refractivity contribution in [1.29, 1.82) is 0 Å². The minimum atomic E-state index is -2.24. The van der Waals surface area contributed by atoms with Crippen LogP contribution in [0, 0.1) is 0 Å². The fraction of sp³-hybridized carbons (Fsp3) is 0.143. The van der Waals surface area contributed by atoms with Gasteiger partial charge in [-0.1, -0.05) is 72.8 Å². The predicted octanol–water partition coefficient (Wildman–Crippen LogP) is 6.23. The topological polar surface area (TPSA) is 46.2 Å². The Morgan fingerprint density at radius 3 is 1.53 bits per heavy atom. The number of benzene rings is 4. The van der Waals surface area contributed by atoms with E-state index in [-0.39, 0.29) is 0 Å². The van der Waals surface area contributed by atoms with Gasteiger partial charge in [-0.05, 0) is 60.2 Å². The molecular formula is C28H25AlO5. The smallest absolute Gasteiger partial charge is 0.621 e. The van der Waals surface area contributed by atoms with Crippen LogP contribution in [0.4, 0.5) is 0 Å². The van der Waals surface area contributed by atoms with Crippen LogP contribution in [0.1, 0.15) is 6.42 Å². The molecule has 4 aromatic rings. The van der Waals surface area contributed by atoms with Gasteiger partial charge in [-0.2, -0.15) is 0 Å². The molecule has 0 amide bonds. The Kier molecular flexibility index (Phi) is 7.02. The van der Waals surface area contributed by atoms with Crippen LogP contribution in [-0.4, -0.2) is 26.9 Å². The van der Waals surface area contributed by atoms with Crippen molar-refractivity contribution >= 4 is 14.8 Å². The van der Waals surface area contributed by atoms with E-state index < -0.39 is 26.9 Å². The molecule has 6 heteroatoms. The highest BCUT2D eigenvalue weighted by atomic mass is 27.2. The van der Waals surface area contributed by atoms with Gasteiger partial charge in [0.2, 0.25) is 6.10 Å². The summed E-state index contributed by atoms with van der Waals surface area (Å²) >= 11 is -2.24. The predicted molar refractivity (Wildman–Crippen MR) is 131 cm³/mol. The minimum absolute atomic E-state index is 0.529. The average Bonchev–Trinajstić information content (AvgIpc) is 2.88. The van der Waals surface area contributed by atoms with Gasteiger partial charge in [-0.3, -0.25) is 0 Å². The molecule has 0 radical (unpaired) electrons. The van der Waals surface area contributed by atoms with Gasteiger partial charge in [0.15, 0.2) is 0 Å². The lowest BCUT2D eigenvalue weighted by molar-refractivity contribution is -0.310. The van der Waals surface area contributed by atoms with Crippen molar-refractivity contribution in [2.24, 2.45) is 0 Å². The molecule has 0 aromatic heterocycles. The van der Waals surface area contributed by atoms with Gasteiger partial charge in [0.25, 0.3) is 0 Å². The molecule has 1 atom stereocenters. The lowest BCUT2D eigenvalue weighted by Gasteiger charge is -2.43. The molecule has 34 heavy (non-hydrogen) atoms. The van der Waals surface area contributed by atoms with E-state index in [1.54, 1.807) is 0 Å². The Labute approximate surface area is 204 Å². The van der Waals surface area contributed by atoms with Crippen molar-refractivity contribution in [1.82, 2.24) is 0 Å². The summed E-state index contributed by atoms with van der Waals surface area (Å²) < 4.78 is 32.3. The minimum Gasteiger partial charge on any atom is -0.621 e. The van der Waals surface area contributed by atoms with Gasteiger partial charge in [-0.25, -0.2) is 0 Å². The zero-order valence-electron chi connectivity index (χ0n) is 18.7. The highest BCUT2D eigenvalue weighted by Gasteiger charge is 2.57. The molecule has 4 aromatic carbocycles. The number of para-hydroxylation sites is 4. The fourth-order valence-corrected chi connectivity index (χ4v) is 5.75. The van der Waals surface area contributed by atoms with E-state index in [1.165, 1.54) is 0 Å². The molecule has 0 N–H and O–H groups in total. The second-order valence-electron chi connectivity index (χ2n) is 7.91. The number of hydrogen-bond donors (Lipinski definition) is 0. The summed E-state index contributed by atoms with van der Waals surface area (Å²) in [5.74, 6) is 1.21. The molecule has 1 aliphatic heterocycles. The van der Waals surface area contributed by atoms with Crippen molar-refractivity contribution in [2.75, 3.05) is 0 Å². The number of hydrogen-bond acceptors (Lipinski definition) is 5. The molecule has 0 bridgehead atoms. The van der Waals surface area contributed by atoms with Gasteiger partial charge < -0.3 is 21.8 Å². The van der Waals surface area contributed by atoms with E-state index in [9.17, 15) is 0 Å². The zero-order valence-corrected chi connectivity index (χ0v) is 19.8. The number of rotatable bonds is 8. The molecule has 0 aliphatic carbocycles. The molecule has 1 saturated heterocycles. The van der Waals surface area contributed by atoms with Crippen molar-refractivity contribution in [3.05, 3.63) is 121 Å². The Bertz CT molecular complexity index is 1100.